The highest BCUT2D eigenvalue weighted by Crippen LogP contribution is 2.31. The molecule has 0 aliphatic heterocycles. The molecule has 0 aromatic heterocycles. The summed E-state index contributed by atoms with van der Waals surface area (Å²) in [4.78, 5) is 2.09. The number of rotatable bonds is 7. The van der Waals surface area contributed by atoms with E-state index in [2.05, 4.69) is 32.6 Å². The summed E-state index contributed by atoms with van der Waals surface area (Å²) in [6.45, 7) is 10.6. The van der Waals surface area contributed by atoms with Crippen LogP contribution in [0.15, 0.2) is 69.9 Å². The largest absolute Gasteiger partial charge is 0.508 e. The van der Waals surface area contributed by atoms with Gasteiger partial charge in [0.25, 0.3) is 0 Å². The van der Waals surface area contributed by atoms with Gasteiger partial charge in [-0.15, -0.1) is 0 Å². The average molecular weight is 304 g/mol. The van der Waals surface area contributed by atoms with Crippen LogP contribution in [0.3, 0.4) is 0 Å². The van der Waals surface area contributed by atoms with E-state index in [0.29, 0.717) is 18.8 Å². The zero-order chi connectivity index (χ0) is 15.7. The van der Waals surface area contributed by atoms with E-state index in [1.165, 1.54) is 5.57 Å². The Balaban J connectivity index is 2.93. The summed E-state index contributed by atoms with van der Waals surface area (Å²) in [5.41, 5.74) is 1.33. The molecule has 21 heavy (non-hydrogen) atoms. The number of thioether (sulfide) groups is 1. The lowest BCUT2D eigenvalue weighted by Crippen LogP contribution is -1.94. The Kier molecular flexibility index (Phi) is 7.76. The maximum atomic E-state index is 9.90. The minimum Gasteiger partial charge on any atom is -0.508 e. The van der Waals surface area contributed by atoms with Crippen molar-refractivity contribution in [3.05, 3.63) is 69.9 Å². The first kappa shape index (κ1) is 17.4. The Morgan fingerprint density at radius 2 is 2.19 bits per heavy atom. The molecule has 1 rings (SSSR count). The third-order valence-corrected chi connectivity index (χ3v) is 4.01. The molecule has 2 nitrogen and oxygen atoms in total. The number of hydrogen-bond acceptors (Lipinski definition) is 3. The van der Waals surface area contributed by atoms with Crippen molar-refractivity contribution < 1.29 is 9.84 Å². The van der Waals surface area contributed by atoms with Gasteiger partial charge in [0.05, 0.1) is 6.61 Å². The molecule has 0 heterocycles. The monoisotopic (exact) mass is 304 g/mol. The van der Waals surface area contributed by atoms with Gasteiger partial charge in [-0.25, -0.2) is 0 Å². The van der Waals surface area contributed by atoms with Crippen LogP contribution < -0.4 is 0 Å². The first-order chi connectivity index (χ1) is 10.1. The summed E-state index contributed by atoms with van der Waals surface area (Å²) in [5.74, 6) is 0.822. The van der Waals surface area contributed by atoms with Gasteiger partial charge in [0.1, 0.15) is 5.76 Å². The Morgan fingerprint density at radius 1 is 1.43 bits per heavy atom. The molecule has 0 bridgehead atoms. The predicted octanol–water partition coefficient (Wildman–Crippen LogP) is 5.80. The molecule has 114 valence electrons. The van der Waals surface area contributed by atoms with Crippen LogP contribution in [0.1, 0.15) is 33.6 Å². The summed E-state index contributed by atoms with van der Waals surface area (Å²) in [5, 5.41) is 9.90. The molecular formula is C18H24O2S. The molecule has 1 N–H and O–H groups in total. The van der Waals surface area contributed by atoms with Gasteiger partial charge in [0.2, 0.25) is 0 Å². The number of ether oxygens (including phenoxy) is 1. The molecule has 0 aromatic rings. The molecular weight excluding hydrogens is 280 g/mol. The molecule has 1 aliphatic rings. The van der Waals surface area contributed by atoms with Gasteiger partial charge in [-0.2, -0.15) is 0 Å². The number of aliphatic hydroxyl groups is 1. The van der Waals surface area contributed by atoms with E-state index in [0.717, 1.165) is 16.2 Å². The number of aliphatic hydroxyl groups excluding tert-OH is 1. The van der Waals surface area contributed by atoms with E-state index in [9.17, 15) is 5.11 Å². The number of allylic oxidation sites excluding steroid dienone is 7. The molecule has 0 spiro atoms. The molecule has 0 saturated heterocycles. The standard InChI is InChI=1S/C18H24O2S/c1-5-14(4)11-12-15(6-2)21-16-9-8-10-17(19)18(13-16)20-7-3/h6,8-9,11-13,19H,2,5,7,10H2,1,3-4H3/b14-11-,15-12+. The summed E-state index contributed by atoms with van der Waals surface area (Å²) in [6.07, 6.45) is 13.4. The molecule has 0 radical (unpaired) electrons. The lowest BCUT2D eigenvalue weighted by molar-refractivity contribution is 0.216. The minimum absolute atomic E-state index is 0.273. The average Bonchev–Trinajstić information content (AvgIpc) is 2.65. The maximum Gasteiger partial charge on any atom is 0.158 e. The van der Waals surface area contributed by atoms with Crippen LogP contribution >= 0.6 is 11.8 Å². The molecule has 0 saturated carbocycles. The highest BCUT2D eigenvalue weighted by atomic mass is 32.2. The van der Waals surface area contributed by atoms with Crippen LogP contribution in [0, 0.1) is 0 Å². The second-order valence-electron chi connectivity index (χ2n) is 4.64. The van der Waals surface area contributed by atoms with Gasteiger partial charge in [-0.05, 0) is 32.4 Å². The van der Waals surface area contributed by atoms with Crippen molar-refractivity contribution in [1.82, 2.24) is 0 Å². The zero-order valence-electron chi connectivity index (χ0n) is 13.1. The molecule has 0 atom stereocenters. The van der Waals surface area contributed by atoms with Gasteiger partial charge in [-0.1, -0.05) is 55.1 Å². The highest BCUT2D eigenvalue weighted by Gasteiger charge is 2.09. The smallest absolute Gasteiger partial charge is 0.158 e. The van der Waals surface area contributed by atoms with Crippen molar-refractivity contribution in [3.63, 3.8) is 0 Å². The zero-order valence-corrected chi connectivity index (χ0v) is 13.9. The molecule has 0 amide bonds. The second-order valence-corrected chi connectivity index (χ2v) is 5.79. The quantitative estimate of drug-likeness (QED) is 0.603. The topological polar surface area (TPSA) is 29.5 Å². The van der Waals surface area contributed by atoms with Crippen molar-refractivity contribution in [3.8, 4) is 0 Å². The first-order valence-corrected chi connectivity index (χ1v) is 8.03. The van der Waals surface area contributed by atoms with Gasteiger partial charge in [0.15, 0.2) is 5.76 Å². The van der Waals surface area contributed by atoms with Crippen molar-refractivity contribution in [2.24, 2.45) is 0 Å². The second kappa shape index (κ2) is 9.35. The van der Waals surface area contributed by atoms with Gasteiger partial charge < -0.3 is 9.84 Å². The number of hydrogen-bond donors (Lipinski definition) is 1. The van der Waals surface area contributed by atoms with Crippen LogP contribution in [0.25, 0.3) is 0 Å². The Morgan fingerprint density at radius 3 is 2.81 bits per heavy atom. The lowest BCUT2D eigenvalue weighted by Gasteiger charge is -2.07. The van der Waals surface area contributed by atoms with E-state index < -0.39 is 0 Å². The van der Waals surface area contributed by atoms with Crippen molar-refractivity contribution in [2.75, 3.05) is 6.61 Å². The van der Waals surface area contributed by atoms with Crippen LogP contribution in [0.2, 0.25) is 0 Å². The normalized spacial score (nSPS) is 16.6. The molecule has 0 fully saturated rings. The van der Waals surface area contributed by atoms with Gasteiger partial charge in [0, 0.05) is 16.2 Å². The maximum absolute atomic E-state index is 9.90. The summed E-state index contributed by atoms with van der Waals surface area (Å²) in [7, 11) is 0. The SMILES string of the molecule is C=C/C(=C\C=C(\C)CC)SC1=CC(OCC)=C(O)CC=C1. The van der Waals surface area contributed by atoms with E-state index >= 15 is 0 Å². The highest BCUT2D eigenvalue weighted by molar-refractivity contribution is 8.07. The van der Waals surface area contributed by atoms with Crippen LogP contribution in [-0.4, -0.2) is 11.7 Å². The molecule has 1 aliphatic carbocycles. The summed E-state index contributed by atoms with van der Waals surface area (Å²) >= 11 is 1.61. The Bertz CT molecular complexity index is 519. The van der Waals surface area contributed by atoms with Crippen molar-refractivity contribution in [2.45, 2.75) is 33.6 Å². The third kappa shape index (κ3) is 6.13. The molecule has 3 heteroatoms. The van der Waals surface area contributed by atoms with Crippen molar-refractivity contribution >= 4 is 11.8 Å². The fourth-order valence-corrected chi connectivity index (χ4v) is 2.44. The molecule has 0 aromatic carbocycles. The molecule has 0 unspecified atom stereocenters. The van der Waals surface area contributed by atoms with Crippen LogP contribution in [0.5, 0.6) is 0 Å². The van der Waals surface area contributed by atoms with Crippen molar-refractivity contribution in [1.29, 1.82) is 0 Å². The van der Waals surface area contributed by atoms with Gasteiger partial charge >= 0.3 is 0 Å². The van der Waals surface area contributed by atoms with E-state index in [4.69, 9.17) is 4.74 Å². The van der Waals surface area contributed by atoms with E-state index in [1.807, 2.05) is 31.2 Å². The van der Waals surface area contributed by atoms with E-state index in [1.54, 1.807) is 11.8 Å². The minimum atomic E-state index is 0.273. The Hall–Kier alpha value is -1.61. The lowest BCUT2D eigenvalue weighted by atomic mass is 10.2. The van der Waals surface area contributed by atoms with Crippen LogP contribution in [0.4, 0.5) is 0 Å². The Labute approximate surface area is 132 Å². The third-order valence-electron chi connectivity index (χ3n) is 2.98. The van der Waals surface area contributed by atoms with Crippen LogP contribution in [-0.2, 0) is 4.74 Å². The fourth-order valence-electron chi connectivity index (χ4n) is 1.61. The predicted molar refractivity (Wildman–Crippen MR) is 93.0 cm³/mol. The van der Waals surface area contributed by atoms with Gasteiger partial charge in [-0.3, -0.25) is 0 Å². The first-order valence-electron chi connectivity index (χ1n) is 7.21. The van der Waals surface area contributed by atoms with E-state index in [-0.39, 0.29) is 5.76 Å². The summed E-state index contributed by atoms with van der Waals surface area (Å²) < 4.78 is 5.48. The summed E-state index contributed by atoms with van der Waals surface area (Å²) in [6, 6.07) is 0. The fraction of sp³-hybridized carbons (Fsp3) is 0.333.